The molecule has 0 aliphatic carbocycles. The maximum absolute atomic E-state index is 9.57. The fourth-order valence-corrected chi connectivity index (χ4v) is 1.62. The van der Waals surface area contributed by atoms with Crippen LogP contribution in [0.2, 0.25) is 19.1 Å². The molecule has 0 aliphatic heterocycles. The van der Waals surface area contributed by atoms with Gasteiger partial charge in [0.15, 0.2) is 0 Å². The molecule has 0 aromatic heterocycles. The van der Waals surface area contributed by atoms with Crippen molar-refractivity contribution in [2.45, 2.75) is 25.6 Å². The van der Waals surface area contributed by atoms with Gasteiger partial charge in [-0.3, -0.25) is 0 Å². The number of rotatable bonds is 4. The normalized spacial score (nSPS) is 9.22. The van der Waals surface area contributed by atoms with Gasteiger partial charge in [-0.2, -0.15) is 0 Å². The summed E-state index contributed by atoms with van der Waals surface area (Å²) in [6, 6.07) is 1.28. The van der Waals surface area contributed by atoms with Crippen LogP contribution >= 0.6 is 0 Å². The van der Waals surface area contributed by atoms with Crippen LogP contribution in [0.15, 0.2) is 4.99 Å². The van der Waals surface area contributed by atoms with Gasteiger partial charge >= 0.3 is 0 Å². The van der Waals surface area contributed by atoms with Crippen LogP contribution in [0.25, 0.3) is 0 Å². The third-order valence-corrected chi connectivity index (χ3v) is 2.68. The zero-order chi connectivity index (χ0) is 7.11. The summed E-state index contributed by atoms with van der Waals surface area (Å²) in [4.78, 5) is 13.0. The summed E-state index contributed by atoms with van der Waals surface area (Å²) in [6.45, 7) is 5.27. The summed E-state index contributed by atoms with van der Waals surface area (Å²) in [5.74, 6) is 0. The Morgan fingerprint density at radius 1 is 1.56 bits per heavy atom. The average molecular weight is 143 g/mol. The Balaban J connectivity index is 3.00. The number of aliphatic imine (C=N–C) groups is 1. The number of carbonyl (C=O) groups excluding carboxylic acids is 1. The van der Waals surface area contributed by atoms with Crippen molar-refractivity contribution in [3.8, 4) is 0 Å². The van der Waals surface area contributed by atoms with Crippen molar-refractivity contribution in [3.05, 3.63) is 0 Å². The second-order valence-electron chi connectivity index (χ2n) is 2.51. The first-order valence-electron chi connectivity index (χ1n) is 3.31. The first kappa shape index (κ1) is 8.60. The molecule has 3 heteroatoms. The van der Waals surface area contributed by atoms with E-state index in [0.29, 0.717) is 6.54 Å². The maximum atomic E-state index is 9.57. The summed E-state index contributed by atoms with van der Waals surface area (Å²) >= 11 is 0. The summed E-state index contributed by atoms with van der Waals surface area (Å²) in [6.07, 6.45) is 2.60. The Morgan fingerprint density at radius 2 is 2.22 bits per heavy atom. The molecular formula is C6H13NOSi. The highest BCUT2D eigenvalue weighted by Crippen LogP contribution is 1.95. The van der Waals surface area contributed by atoms with Crippen LogP contribution in [0, 0.1) is 0 Å². The molecule has 52 valence electrons. The Morgan fingerprint density at radius 3 is 2.67 bits per heavy atom. The van der Waals surface area contributed by atoms with Crippen molar-refractivity contribution in [1.29, 1.82) is 0 Å². The molecule has 0 bridgehead atoms. The standard InChI is InChI=1S/C6H13NOSi/c1-9(2)5-3-4-7-6-8/h9H,3-5H2,1-2H3. The molecule has 9 heavy (non-hydrogen) atoms. The molecule has 0 unspecified atom stereocenters. The molecule has 0 heterocycles. The zero-order valence-electron chi connectivity index (χ0n) is 6.05. The molecule has 0 saturated heterocycles. The highest BCUT2D eigenvalue weighted by Gasteiger charge is 1.92. The van der Waals surface area contributed by atoms with Gasteiger partial charge in [-0.1, -0.05) is 19.1 Å². The first-order chi connectivity index (χ1) is 4.27. The Hall–Kier alpha value is -0.403. The van der Waals surface area contributed by atoms with Crippen molar-refractivity contribution < 1.29 is 4.79 Å². The molecule has 0 saturated carbocycles. The lowest BCUT2D eigenvalue weighted by molar-refractivity contribution is 0.562. The first-order valence-corrected chi connectivity index (χ1v) is 6.43. The lowest BCUT2D eigenvalue weighted by Crippen LogP contribution is -1.98. The van der Waals surface area contributed by atoms with E-state index in [1.165, 1.54) is 12.1 Å². The predicted octanol–water partition coefficient (Wildman–Crippen LogP) is 1.20. The monoisotopic (exact) mass is 143 g/mol. The lowest BCUT2D eigenvalue weighted by atomic mass is 10.5. The summed E-state index contributed by atoms with van der Waals surface area (Å²) in [5.41, 5.74) is 0. The fourth-order valence-electron chi connectivity index (χ4n) is 0.624. The zero-order valence-corrected chi connectivity index (χ0v) is 7.21. The fraction of sp³-hybridized carbons (Fsp3) is 0.833. The predicted molar refractivity (Wildman–Crippen MR) is 41.3 cm³/mol. The van der Waals surface area contributed by atoms with Gasteiger partial charge in [0, 0.05) is 8.80 Å². The van der Waals surface area contributed by atoms with Gasteiger partial charge in [-0.25, -0.2) is 9.79 Å². The van der Waals surface area contributed by atoms with E-state index >= 15 is 0 Å². The van der Waals surface area contributed by atoms with Gasteiger partial charge in [0.05, 0.1) is 6.54 Å². The van der Waals surface area contributed by atoms with Crippen molar-refractivity contribution >= 4 is 14.9 Å². The third kappa shape index (κ3) is 7.60. The second-order valence-corrected chi connectivity index (χ2v) is 5.87. The molecule has 0 amide bonds. The SMILES string of the molecule is C[SiH](C)CCCN=C=O. The van der Waals surface area contributed by atoms with E-state index in [0.717, 1.165) is 6.42 Å². The minimum Gasteiger partial charge on any atom is -0.211 e. The van der Waals surface area contributed by atoms with E-state index in [-0.39, 0.29) is 0 Å². The molecule has 0 aromatic carbocycles. The molecular weight excluding hydrogens is 130 g/mol. The highest BCUT2D eigenvalue weighted by atomic mass is 28.3. The van der Waals surface area contributed by atoms with Crippen molar-refractivity contribution in [1.82, 2.24) is 0 Å². The molecule has 0 rings (SSSR count). The molecule has 0 N–H and O–H groups in total. The largest absolute Gasteiger partial charge is 0.234 e. The van der Waals surface area contributed by atoms with E-state index < -0.39 is 8.80 Å². The van der Waals surface area contributed by atoms with E-state index in [4.69, 9.17) is 0 Å². The number of hydrogen-bond donors (Lipinski definition) is 0. The van der Waals surface area contributed by atoms with Crippen molar-refractivity contribution in [2.24, 2.45) is 4.99 Å². The Bertz CT molecular complexity index is 108. The van der Waals surface area contributed by atoms with E-state index in [2.05, 4.69) is 18.1 Å². The minimum absolute atomic E-state index is 0.403. The minimum atomic E-state index is -0.403. The summed E-state index contributed by atoms with van der Waals surface area (Å²) in [5, 5.41) is 0. The van der Waals surface area contributed by atoms with Crippen LogP contribution < -0.4 is 0 Å². The number of nitrogens with zero attached hydrogens (tertiary/aromatic N) is 1. The maximum Gasteiger partial charge on any atom is 0.234 e. The van der Waals surface area contributed by atoms with Crippen LogP contribution in [0.4, 0.5) is 0 Å². The molecule has 0 aromatic rings. The van der Waals surface area contributed by atoms with Gasteiger partial charge in [0.1, 0.15) is 0 Å². The highest BCUT2D eigenvalue weighted by molar-refractivity contribution is 6.55. The topological polar surface area (TPSA) is 29.4 Å². The smallest absolute Gasteiger partial charge is 0.211 e. The molecule has 2 nitrogen and oxygen atoms in total. The number of hydrogen-bond acceptors (Lipinski definition) is 2. The van der Waals surface area contributed by atoms with Gasteiger partial charge in [0.25, 0.3) is 0 Å². The number of isocyanates is 1. The van der Waals surface area contributed by atoms with Crippen LogP contribution in [-0.4, -0.2) is 21.4 Å². The average Bonchev–Trinajstić information content (AvgIpc) is 1.80. The van der Waals surface area contributed by atoms with Crippen molar-refractivity contribution in [2.75, 3.05) is 6.54 Å². The van der Waals surface area contributed by atoms with E-state index in [1.807, 2.05) is 0 Å². The van der Waals surface area contributed by atoms with E-state index in [9.17, 15) is 4.79 Å². The Kier molecular flexibility index (Phi) is 5.47. The molecule has 0 fully saturated rings. The van der Waals surface area contributed by atoms with Gasteiger partial charge in [-0.15, -0.1) is 0 Å². The van der Waals surface area contributed by atoms with Crippen molar-refractivity contribution in [3.63, 3.8) is 0 Å². The molecule has 0 radical (unpaired) electrons. The van der Waals surface area contributed by atoms with Crippen LogP contribution in [0.1, 0.15) is 6.42 Å². The Labute approximate surface area is 57.6 Å². The molecule has 0 atom stereocenters. The van der Waals surface area contributed by atoms with E-state index in [1.54, 1.807) is 0 Å². The van der Waals surface area contributed by atoms with Gasteiger partial charge < -0.3 is 0 Å². The quantitative estimate of drug-likeness (QED) is 0.252. The lowest BCUT2D eigenvalue weighted by Gasteiger charge is -1.96. The molecule has 0 spiro atoms. The summed E-state index contributed by atoms with van der Waals surface area (Å²) in [7, 11) is -0.403. The third-order valence-electron chi connectivity index (χ3n) is 1.12. The van der Waals surface area contributed by atoms with Gasteiger partial charge in [0.2, 0.25) is 6.08 Å². The molecule has 0 aliphatic rings. The van der Waals surface area contributed by atoms with Crippen LogP contribution in [0.3, 0.4) is 0 Å². The van der Waals surface area contributed by atoms with Crippen LogP contribution in [-0.2, 0) is 4.79 Å². The van der Waals surface area contributed by atoms with Crippen LogP contribution in [0.5, 0.6) is 0 Å². The second kappa shape index (κ2) is 5.73. The summed E-state index contributed by atoms with van der Waals surface area (Å²) < 4.78 is 0. The van der Waals surface area contributed by atoms with Gasteiger partial charge in [-0.05, 0) is 6.42 Å².